The van der Waals surface area contributed by atoms with Crippen LogP contribution in [0, 0.1) is 17.5 Å². The van der Waals surface area contributed by atoms with E-state index < -0.39 is 80.6 Å². The van der Waals surface area contributed by atoms with Crippen LogP contribution < -0.4 is 20.0 Å². The van der Waals surface area contributed by atoms with Crippen molar-refractivity contribution in [3.8, 4) is 33.8 Å². The Morgan fingerprint density at radius 3 is 1.02 bits per heavy atom. The van der Waals surface area contributed by atoms with Gasteiger partial charge in [0.15, 0.2) is 28.3 Å². The van der Waals surface area contributed by atoms with E-state index in [0.717, 1.165) is 16.7 Å². The first-order valence-corrected chi connectivity index (χ1v) is 41.7. The van der Waals surface area contributed by atoms with Gasteiger partial charge in [-0.2, -0.15) is 0 Å². The van der Waals surface area contributed by atoms with Gasteiger partial charge in [-0.15, -0.1) is 0 Å². The monoisotopic (exact) mass is 1860 g/mol. The van der Waals surface area contributed by atoms with E-state index in [1.165, 1.54) is 113 Å². The molecule has 3 aromatic carbocycles. The molecule has 28 nitrogen and oxygen atoms in total. The Labute approximate surface area is 768 Å². The molecule has 15 rings (SSSR count). The average molecular weight is 1860 g/mol. The maximum Gasteiger partial charge on any atom is 0.371 e. The minimum absolute atomic E-state index is 0. The van der Waals surface area contributed by atoms with Gasteiger partial charge in [0, 0.05) is 128 Å². The van der Waals surface area contributed by atoms with E-state index in [9.17, 15) is 56.3 Å². The smallest absolute Gasteiger partial charge is 0.371 e. The number of piperazine rings is 3. The second-order valence-corrected chi connectivity index (χ2v) is 35.8. The summed E-state index contributed by atoms with van der Waals surface area (Å²) in [4.78, 5) is 146. The van der Waals surface area contributed by atoms with Crippen molar-refractivity contribution in [3.05, 3.63) is 229 Å². The number of carbonyl (C=O) groups is 9. The predicted octanol–water partition coefficient (Wildman–Crippen LogP) is 18.9. The second-order valence-electron chi connectivity index (χ2n) is 34.5. The van der Waals surface area contributed by atoms with Gasteiger partial charge in [0.25, 0.3) is 23.6 Å². The zero-order valence-corrected chi connectivity index (χ0v) is 78.0. The van der Waals surface area contributed by atoms with E-state index in [2.05, 4.69) is 40.0 Å². The summed E-state index contributed by atoms with van der Waals surface area (Å²) in [6.07, 6.45) is 3.96. The summed E-state index contributed by atoms with van der Waals surface area (Å²) in [5, 5.41) is 21.5. The zero-order valence-electron chi connectivity index (χ0n) is 74.3. The third-order valence-corrected chi connectivity index (χ3v) is 22.4. The number of furan rings is 3. The van der Waals surface area contributed by atoms with Crippen molar-refractivity contribution in [2.75, 3.05) is 68.2 Å². The van der Waals surface area contributed by atoms with Crippen LogP contribution in [0.25, 0.3) is 67.1 Å². The van der Waals surface area contributed by atoms with Crippen molar-refractivity contribution in [2.45, 2.75) is 151 Å². The molecule has 3 aliphatic rings. The number of amides is 5. The van der Waals surface area contributed by atoms with Crippen LogP contribution >= 0.6 is 34.8 Å². The Balaban J connectivity index is 0.000000185. The number of anilines is 3. The van der Waals surface area contributed by atoms with E-state index >= 15 is 0 Å². The first-order valence-electron chi connectivity index (χ1n) is 40.6. The van der Waals surface area contributed by atoms with Crippen molar-refractivity contribution in [2.24, 2.45) is 0 Å². The van der Waals surface area contributed by atoms with Crippen molar-refractivity contribution >= 4 is 139 Å². The molecule has 0 spiro atoms. The molecule has 35 heteroatoms. The van der Waals surface area contributed by atoms with E-state index in [1.54, 1.807) is 87.2 Å². The number of pyridine rings is 6. The van der Waals surface area contributed by atoms with Crippen LogP contribution in [0.3, 0.4) is 0 Å². The summed E-state index contributed by atoms with van der Waals surface area (Å²) in [7, 11) is 2.60. The van der Waals surface area contributed by atoms with Gasteiger partial charge in [0.2, 0.25) is 11.7 Å². The predicted molar refractivity (Wildman–Crippen MR) is 479 cm³/mol. The normalized spacial score (nSPS) is 14.8. The van der Waals surface area contributed by atoms with Crippen molar-refractivity contribution in [1.29, 1.82) is 0 Å². The van der Waals surface area contributed by atoms with Gasteiger partial charge in [-0.25, -0.2) is 62.3 Å². The Hall–Kier alpha value is -12.4. The number of carboxylic acid groups (broad SMARTS) is 2. The molecule has 9 aromatic heterocycles. The molecule has 1 radical (unpaired) electrons. The molecule has 0 aliphatic carbocycles. The van der Waals surface area contributed by atoms with Gasteiger partial charge in [0.1, 0.15) is 62.5 Å². The third-order valence-electron chi connectivity index (χ3n) is 21.5. The molecule has 0 atom stereocenters. The number of carbonyl (C=O) groups excluding carboxylic acids is 7. The summed E-state index contributed by atoms with van der Waals surface area (Å²) >= 11 is 17.5. The molecule has 3 saturated heterocycles. The van der Waals surface area contributed by atoms with E-state index in [1.807, 2.05) is 102 Å². The number of hydrogen-bond acceptors (Lipinski definition) is 21. The molecule has 3 N–H and O–H groups in total. The molecule has 3 aliphatic heterocycles. The molecule has 5 amide bonds. The Kier molecular flexibility index (Phi) is 29.8. The molecular formula is C94H96Cl3F3N12O16V. The number of fused-ring (bicyclic) bond motifs is 3. The van der Waals surface area contributed by atoms with Crippen molar-refractivity contribution in [1.82, 2.24) is 45.0 Å². The van der Waals surface area contributed by atoms with Crippen LogP contribution in [0.15, 0.2) is 159 Å². The first kappa shape index (κ1) is 98.8. The van der Waals surface area contributed by atoms with Crippen LogP contribution in [0.2, 0.25) is 15.1 Å². The third kappa shape index (κ3) is 21.2. The number of nitrogens with one attached hydrogen (secondary N) is 1. The topological polar surface area (TPSA) is 358 Å². The van der Waals surface area contributed by atoms with Crippen LogP contribution in [0.4, 0.5) is 30.6 Å². The average Bonchev–Trinajstić information content (AvgIpc) is 1.66. The number of nitrogens with zero attached hydrogens (tertiary/aromatic N) is 11. The summed E-state index contributed by atoms with van der Waals surface area (Å²) in [6, 6.07) is 32.5. The number of methoxy groups -OCH3 is 2. The fourth-order valence-corrected chi connectivity index (χ4v) is 14.7. The van der Waals surface area contributed by atoms with Crippen molar-refractivity contribution in [3.63, 3.8) is 0 Å². The van der Waals surface area contributed by atoms with Crippen LogP contribution in [0.5, 0.6) is 0 Å². The number of rotatable bonds is 12. The minimum atomic E-state index is -1.26. The van der Waals surface area contributed by atoms with Gasteiger partial charge in [-0.3, -0.25) is 38.7 Å². The maximum atomic E-state index is 14.3. The number of aromatic nitrogens is 6. The van der Waals surface area contributed by atoms with Gasteiger partial charge < -0.3 is 48.1 Å². The molecule has 3 fully saturated rings. The minimum Gasteiger partial charge on any atom is -0.478 e. The molecule has 0 bridgehead atoms. The maximum absolute atomic E-state index is 14.3. The van der Waals surface area contributed by atoms with E-state index in [-0.39, 0.29) is 111 Å². The summed E-state index contributed by atoms with van der Waals surface area (Å²) < 4.78 is 69.3. The number of benzene rings is 3. The van der Waals surface area contributed by atoms with E-state index in [0.29, 0.717) is 103 Å². The largest absolute Gasteiger partial charge is 0.478 e. The summed E-state index contributed by atoms with van der Waals surface area (Å²) in [5.74, 6) is -5.48. The van der Waals surface area contributed by atoms with E-state index in [4.69, 9.17) is 63.0 Å². The van der Waals surface area contributed by atoms with Crippen LogP contribution in [0.1, 0.15) is 197 Å². The number of aromatic carboxylic acids is 2. The Bertz CT molecular complexity index is 6340. The molecule has 12 aromatic rings. The number of halogens is 6. The molecule has 0 saturated carbocycles. The fourth-order valence-electron chi connectivity index (χ4n) is 14.4. The molecular weight excluding hydrogens is 1770 g/mol. The number of esters is 2. The first-order chi connectivity index (χ1) is 60.0. The van der Waals surface area contributed by atoms with Crippen molar-refractivity contribution < 1.29 is 108 Å². The molecule has 0 unspecified atom stereocenters. The molecule has 675 valence electrons. The Morgan fingerprint density at radius 1 is 0.426 bits per heavy atom. The Morgan fingerprint density at radius 2 is 0.736 bits per heavy atom. The fraction of sp³-hybridized carbons (Fsp3) is 0.330. The second kappa shape index (κ2) is 38.9. The van der Waals surface area contributed by atoms with Gasteiger partial charge >= 0.3 is 23.9 Å². The quantitative estimate of drug-likeness (QED) is 0.0956. The van der Waals surface area contributed by atoms with Gasteiger partial charge in [-0.05, 0) is 149 Å². The molecule has 12 heterocycles. The number of ether oxygens (including phenoxy) is 2. The summed E-state index contributed by atoms with van der Waals surface area (Å²) in [6.45, 7) is 34.2. The standard InChI is InChI=1S/C31H30ClFN4O5.C30H28ClFN4O5.C18H15ClFNO3.C13H17N3O3.C2H6.V/c1-30(2,3)19-14-22(17-7-9-20(32)21(33)13-17)35-23-15-24(42-26(19)23)27(38)37-12-11-36(29(40)31(37,4)5)25-10-8-18(16-34-25)28(39)41-6;1-29(2,3)18-13-21(16-6-8-19(31)20(32)12-16)34-22-14-23(41-25(18)22)26(37)36-11-10-35(28(40)30(36,4)5)24-9-7-17(15-33-24)27(38)39;1-18(2,3)10-7-13(9-4-5-11(19)12(20)6-9)21-14-8-15(17(22)23)24-16(10)14;1-13(2)12(18)16(7-6-15-13)10-5-4-9(8-14-10)11(17)19-3;1-2;/h7-10,13-16H,11-12H2,1-6H3;6-9,12-15H,10-11H2,1-5H3,(H,38,39);4-8H,1-3H3,(H,22,23);4-5,8,15H,6-7H2,1-3H3;1-2H3;. The van der Waals surface area contributed by atoms with Gasteiger partial charge in [-0.1, -0.05) is 129 Å². The summed E-state index contributed by atoms with van der Waals surface area (Å²) in [5.41, 5.74) is 4.58. The molecule has 129 heavy (non-hydrogen) atoms. The van der Waals surface area contributed by atoms with Crippen LogP contribution in [-0.2, 0) is 58.7 Å². The van der Waals surface area contributed by atoms with Gasteiger partial charge in [0.05, 0.1) is 68.6 Å². The number of hydrogen-bond donors (Lipinski definition) is 3. The number of carboxylic acids is 2. The SMILES string of the molecule is CC.CC(C)(C)c1cc(-c2ccc(Cl)c(F)c2)nc2cc(C(=O)N3CCN(c4ccc(C(=O)O)cn4)C(=O)C3(C)C)oc12.CC(C)(C)c1cc(-c2ccc(Cl)c(F)c2)nc2cc(C(=O)O)oc12.COC(=O)c1ccc(N2CCN(C(=O)c3cc4nc(-c5ccc(Cl)c(F)c5)cc(C(C)(C)C)c4o3)C(C)(C)C2=O)nc1.COC(=O)c1ccc(N2CCNC(C)(C)C2=O)nc1.[V]. The van der Waals surface area contributed by atoms with Crippen LogP contribution in [-0.4, -0.2) is 173 Å². The zero-order chi connectivity index (χ0) is 94.1.